The number of benzene rings is 2. The Balaban J connectivity index is 1.78. The summed E-state index contributed by atoms with van der Waals surface area (Å²) in [5.74, 6) is -0.0803. The number of nitrogens with one attached hydrogen (secondary N) is 2. The molecule has 112 valence electrons. The SMILES string of the molecule is Cc1cccc(CC(=O)Nc2ccc3c(c2)[nH]c(=O)n3C)c1. The molecule has 5 heteroatoms. The predicted octanol–water partition coefficient (Wildman–Crippen LogP) is 2.36. The van der Waals surface area contributed by atoms with E-state index in [9.17, 15) is 9.59 Å². The minimum absolute atomic E-state index is 0.0803. The van der Waals surface area contributed by atoms with E-state index in [0.29, 0.717) is 17.6 Å². The predicted molar refractivity (Wildman–Crippen MR) is 87.1 cm³/mol. The summed E-state index contributed by atoms with van der Waals surface area (Å²) >= 11 is 0. The second-order valence-corrected chi connectivity index (χ2v) is 5.44. The van der Waals surface area contributed by atoms with Gasteiger partial charge in [-0.1, -0.05) is 29.8 Å². The van der Waals surface area contributed by atoms with Crippen molar-refractivity contribution in [2.24, 2.45) is 7.05 Å². The van der Waals surface area contributed by atoms with Crippen LogP contribution in [0.3, 0.4) is 0 Å². The Bertz CT molecular complexity index is 906. The average Bonchev–Trinajstić information content (AvgIpc) is 2.73. The van der Waals surface area contributed by atoms with Crippen molar-refractivity contribution < 1.29 is 4.79 Å². The van der Waals surface area contributed by atoms with Crippen molar-refractivity contribution >= 4 is 22.6 Å². The fraction of sp³-hybridized carbons (Fsp3) is 0.176. The van der Waals surface area contributed by atoms with Gasteiger partial charge in [-0.25, -0.2) is 4.79 Å². The molecule has 0 aliphatic carbocycles. The van der Waals surface area contributed by atoms with E-state index in [0.717, 1.165) is 16.6 Å². The van der Waals surface area contributed by atoms with Crippen LogP contribution >= 0.6 is 0 Å². The number of fused-ring (bicyclic) bond motifs is 1. The number of aryl methyl sites for hydroxylation is 2. The maximum atomic E-state index is 12.1. The van der Waals surface area contributed by atoms with Crippen molar-refractivity contribution in [1.82, 2.24) is 9.55 Å². The lowest BCUT2D eigenvalue weighted by molar-refractivity contribution is -0.115. The first-order valence-electron chi connectivity index (χ1n) is 7.07. The monoisotopic (exact) mass is 295 g/mol. The maximum Gasteiger partial charge on any atom is 0.326 e. The highest BCUT2D eigenvalue weighted by Crippen LogP contribution is 2.16. The molecular weight excluding hydrogens is 278 g/mol. The number of aromatic nitrogens is 2. The van der Waals surface area contributed by atoms with Gasteiger partial charge in [0.25, 0.3) is 0 Å². The molecule has 0 unspecified atom stereocenters. The molecule has 3 aromatic rings. The summed E-state index contributed by atoms with van der Waals surface area (Å²) in [5.41, 5.74) is 4.13. The molecule has 0 aliphatic heterocycles. The fourth-order valence-corrected chi connectivity index (χ4v) is 2.53. The number of aromatic amines is 1. The van der Waals surface area contributed by atoms with Crippen molar-refractivity contribution in [2.45, 2.75) is 13.3 Å². The molecular formula is C17H17N3O2. The molecule has 0 atom stereocenters. The highest BCUT2D eigenvalue weighted by atomic mass is 16.2. The molecule has 3 rings (SSSR count). The number of carbonyl (C=O) groups excluding carboxylic acids is 1. The van der Waals surface area contributed by atoms with Gasteiger partial charge in [-0.15, -0.1) is 0 Å². The van der Waals surface area contributed by atoms with E-state index in [2.05, 4.69) is 10.3 Å². The molecule has 2 aromatic carbocycles. The number of anilines is 1. The lowest BCUT2D eigenvalue weighted by Crippen LogP contribution is -2.14. The number of rotatable bonds is 3. The summed E-state index contributed by atoms with van der Waals surface area (Å²) < 4.78 is 1.54. The highest BCUT2D eigenvalue weighted by molar-refractivity contribution is 5.94. The fourth-order valence-electron chi connectivity index (χ4n) is 2.53. The standard InChI is InChI=1S/C17H17N3O2/c1-11-4-3-5-12(8-11)9-16(21)18-13-6-7-15-14(10-13)19-17(22)20(15)2/h3-8,10H,9H2,1-2H3,(H,18,21)(H,19,22). The van der Waals surface area contributed by atoms with Crippen LogP contribution in [-0.4, -0.2) is 15.5 Å². The van der Waals surface area contributed by atoms with Crippen LogP contribution in [0.1, 0.15) is 11.1 Å². The van der Waals surface area contributed by atoms with Gasteiger partial charge in [0, 0.05) is 12.7 Å². The summed E-state index contributed by atoms with van der Waals surface area (Å²) in [4.78, 5) is 26.4. The summed E-state index contributed by atoms with van der Waals surface area (Å²) in [6.07, 6.45) is 0.324. The molecule has 0 fully saturated rings. The van der Waals surface area contributed by atoms with Crippen LogP contribution < -0.4 is 11.0 Å². The highest BCUT2D eigenvalue weighted by Gasteiger charge is 2.07. The van der Waals surface area contributed by atoms with Crippen molar-refractivity contribution in [1.29, 1.82) is 0 Å². The van der Waals surface area contributed by atoms with Crippen molar-refractivity contribution in [3.8, 4) is 0 Å². The lowest BCUT2D eigenvalue weighted by atomic mass is 10.1. The number of hydrogen-bond donors (Lipinski definition) is 2. The van der Waals surface area contributed by atoms with Gasteiger partial charge in [-0.05, 0) is 30.7 Å². The lowest BCUT2D eigenvalue weighted by Gasteiger charge is -2.06. The molecule has 1 amide bonds. The molecule has 1 heterocycles. The summed E-state index contributed by atoms with van der Waals surface area (Å²) in [6.45, 7) is 2.00. The molecule has 0 radical (unpaired) electrons. The zero-order valence-corrected chi connectivity index (χ0v) is 12.5. The Morgan fingerprint density at radius 1 is 1.23 bits per heavy atom. The third-order valence-electron chi connectivity index (χ3n) is 3.64. The zero-order chi connectivity index (χ0) is 15.7. The van der Waals surface area contributed by atoms with Gasteiger partial charge in [0.1, 0.15) is 0 Å². The molecule has 5 nitrogen and oxygen atoms in total. The minimum Gasteiger partial charge on any atom is -0.326 e. The van der Waals surface area contributed by atoms with Crippen LogP contribution in [-0.2, 0) is 18.3 Å². The Hall–Kier alpha value is -2.82. The van der Waals surface area contributed by atoms with Crippen molar-refractivity contribution in [3.05, 3.63) is 64.1 Å². The number of carbonyl (C=O) groups is 1. The topological polar surface area (TPSA) is 66.9 Å². The van der Waals surface area contributed by atoms with Crippen LogP contribution in [0.15, 0.2) is 47.3 Å². The first-order chi connectivity index (χ1) is 10.5. The van der Waals surface area contributed by atoms with E-state index in [1.54, 1.807) is 19.2 Å². The molecule has 0 saturated carbocycles. The normalized spacial score (nSPS) is 10.8. The minimum atomic E-state index is -0.168. The van der Waals surface area contributed by atoms with E-state index >= 15 is 0 Å². The molecule has 0 spiro atoms. The number of nitrogens with zero attached hydrogens (tertiary/aromatic N) is 1. The van der Waals surface area contributed by atoms with Gasteiger partial charge in [0.2, 0.25) is 5.91 Å². The second-order valence-electron chi connectivity index (χ2n) is 5.44. The first kappa shape index (κ1) is 14.1. The van der Waals surface area contributed by atoms with Gasteiger partial charge in [-0.2, -0.15) is 0 Å². The largest absolute Gasteiger partial charge is 0.326 e. The third-order valence-corrected chi connectivity index (χ3v) is 3.64. The first-order valence-corrected chi connectivity index (χ1v) is 7.07. The molecule has 1 aromatic heterocycles. The molecule has 0 saturated heterocycles. The van der Waals surface area contributed by atoms with Crippen LogP contribution in [0, 0.1) is 6.92 Å². The van der Waals surface area contributed by atoms with Crippen molar-refractivity contribution in [3.63, 3.8) is 0 Å². The molecule has 22 heavy (non-hydrogen) atoms. The summed E-state index contributed by atoms with van der Waals surface area (Å²) in [7, 11) is 1.71. The Morgan fingerprint density at radius 3 is 2.82 bits per heavy atom. The van der Waals surface area contributed by atoms with Crippen LogP contribution in [0.2, 0.25) is 0 Å². The van der Waals surface area contributed by atoms with E-state index in [4.69, 9.17) is 0 Å². The average molecular weight is 295 g/mol. The van der Waals surface area contributed by atoms with E-state index < -0.39 is 0 Å². The van der Waals surface area contributed by atoms with E-state index in [1.165, 1.54) is 4.57 Å². The van der Waals surface area contributed by atoms with E-state index in [1.807, 2.05) is 37.3 Å². The Labute approximate surface area is 127 Å². The summed E-state index contributed by atoms with van der Waals surface area (Å²) in [6, 6.07) is 13.3. The van der Waals surface area contributed by atoms with Gasteiger partial charge in [-0.3, -0.25) is 9.36 Å². The molecule has 2 N–H and O–H groups in total. The number of H-pyrrole nitrogens is 1. The van der Waals surface area contributed by atoms with Crippen LogP contribution in [0.25, 0.3) is 11.0 Å². The Morgan fingerprint density at radius 2 is 2.05 bits per heavy atom. The maximum absolute atomic E-state index is 12.1. The number of imidazole rings is 1. The quantitative estimate of drug-likeness (QED) is 0.779. The molecule has 0 aliphatic rings. The number of hydrogen-bond acceptors (Lipinski definition) is 2. The van der Waals surface area contributed by atoms with Gasteiger partial charge < -0.3 is 10.3 Å². The smallest absolute Gasteiger partial charge is 0.326 e. The van der Waals surface area contributed by atoms with Crippen LogP contribution in [0.5, 0.6) is 0 Å². The van der Waals surface area contributed by atoms with E-state index in [-0.39, 0.29) is 11.6 Å². The van der Waals surface area contributed by atoms with Gasteiger partial charge in [0.15, 0.2) is 0 Å². The second kappa shape index (κ2) is 5.52. The van der Waals surface area contributed by atoms with Gasteiger partial charge >= 0.3 is 5.69 Å². The van der Waals surface area contributed by atoms with Crippen molar-refractivity contribution in [2.75, 3.05) is 5.32 Å². The molecule has 0 bridgehead atoms. The summed E-state index contributed by atoms with van der Waals surface area (Å²) in [5, 5.41) is 2.86. The Kier molecular flexibility index (Phi) is 3.55. The van der Waals surface area contributed by atoms with Crippen LogP contribution in [0.4, 0.5) is 5.69 Å². The third kappa shape index (κ3) is 2.79. The number of amides is 1. The van der Waals surface area contributed by atoms with Gasteiger partial charge in [0.05, 0.1) is 17.5 Å². The zero-order valence-electron chi connectivity index (χ0n) is 12.5.